The number of hydrogen-bond donors (Lipinski definition) is 2. The number of hydrogen-bond acceptors (Lipinski definition) is 4. The Hall–Kier alpha value is -1.60. The molecule has 0 saturated heterocycles. The molecule has 1 saturated carbocycles. The Morgan fingerprint density at radius 3 is 2.58 bits per heavy atom. The Bertz CT molecular complexity index is 552. The number of rotatable bonds is 7. The summed E-state index contributed by atoms with van der Waals surface area (Å²) in [7, 11) is 1.38. The van der Waals surface area contributed by atoms with E-state index in [1.807, 2.05) is 0 Å². The molecule has 0 spiro atoms. The highest BCUT2D eigenvalue weighted by molar-refractivity contribution is 5.86. The highest BCUT2D eigenvalue weighted by Gasteiger charge is 2.36. The molecule has 136 valence electrons. The minimum Gasteiger partial charge on any atom is -0.493 e. The van der Waals surface area contributed by atoms with E-state index in [9.17, 15) is 13.6 Å². The Kier molecular flexibility index (Phi) is 7.69. The summed E-state index contributed by atoms with van der Waals surface area (Å²) >= 11 is 0. The number of benzene rings is 1. The highest BCUT2D eigenvalue weighted by Crippen LogP contribution is 2.30. The fourth-order valence-corrected chi connectivity index (χ4v) is 2.79. The second-order valence-corrected chi connectivity index (χ2v) is 5.73. The molecule has 1 aromatic rings. The smallest absolute Gasteiger partial charge is 0.387 e. The van der Waals surface area contributed by atoms with E-state index in [1.54, 1.807) is 12.1 Å². The van der Waals surface area contributed by atoms with Gasteiger partial charge in [-0.15, -0.1) is 12.4 Å². The van der Waals surface area contributed by atoms with Gasteiger partial charge < -0.3 is 20.5 Å². The van der Waals surface area contributed by atoms with Gasteiger partial charge in [0.15, 0.2) is 11.5 Å². The lowest BCUT2D eigenvalue weighted by Crippen LogP contribution is -2.52. The van der Waals surface area contributed by atoms with E-state index in [0.29, 0.717) is 25.8 Å². The number of methoxy groups -OCH3 is 1. The molecule has 0 unspecified atom stereocenters. The van der Waals surface area contributed by atoms with Gasteiger partial charge in [-0.3, -0.25) is 4.79 Å². The zero-order valence-electron chi connectivity index (χ0n) is 13.5. The number of alkyl halides is 2. The third kappa shape index (κ3) is 5.21. The predicted octanol–water partition coefficient (Wildman–Crippen LogP) is 2.65. The summed E-state index contributed by atoms with van der Waals surface area (Å²) in [5, 5.41) is 2.82. The van der Waals surface area contributed by atoms with Gasteiger partial charge in [0.2, 0.25) is 5.91 Å². The van der Waals surface area contributed by atoms with Crippen molar-refractivity contribution in [2.24, 2.45) is 5.73 Å². The second-order valence-electron chi connectivity index (χ2n) is 5.73. The van der Waals surface area contributed by atoms with Crippen molar-refractivity contribution in [2.45, 2.75) is 44.3 Å². The van der Waals surface area contributed by atoms with Crippen molar-refractivity contribution >= 4 is 18.3 Å². The van der Waals surface area contributed by atoms with Gasteiger partial charge in [0, 0.05) is 6.54 Å². The van der Waals surface area contributed by atoms with Crippen LogP contribution in [0.1, 0.15) is 31.2 Å². The molecule has 0 radical (unpaired) electrons. The standard InChI is InChI=1S/C16H22F2N2O3.ClH/c1-22-12-5-4-11(10-13(12)23-15(17)18)6-9-20-14(21)16(19)7-2-3-8-16;/h4-5,10,15H,2-3,6-9,19H2,1H3,(H,20,21);1H. The van der Waals surface area contributed by atoms with Crippen LogP contribution in [0.25, 0.3) is 0 Å². The molecular weight excluding hydrogens is 342 g/mol. The van der Waals surface area contributed by atoms with Crippen LogP contribution in [0.3, 0.4) is 0 Å². The zero-order valence-corrected chi connectivity index (χ0v) is 14.3. The van der Waals surface area contributed by atoms with E-state index in [0.717, 1.165) is 18.4 Å². The first-order valence-electron chi connectivity index (χ1n) is 7.63. The fourth-order valence-electron chi connectivity index (χ4n) is 2.79. The average molecular weight is 365 g/mol. The van der Waals surface area contributed by atoms with E-state index < -0.39 is 12.2 Å². The first kappa shape index (κ1) is 20.4. The van der Waals surface area contributed by atoms with Gasteiger partial charge in [-0.2, -0.15) is 8.78 Å². The van der Waals surface area contributed by atoms with Gasteiger partial charge in [-0.05, 0) is 37.0 Å². The van der Waals surface area contributed by atoms with Crippen molar-refractivity contribution in [2.75, 3.05) is 13.7 Å². The van der Waals surface area contributed by atoms with E-state index in [1.165, 1.54) is 13.2 Å². The molecule has 1 aliphatic rings. The van der Waals surface area contributed by atoms with Crippen LogP contribution < -0.4 is 20.5 Å². The molecule has 0 aromatic heterocycles. The van der Waals surface area contributed by atoms with Crippen LogP contribution in [0.4, 0.5) is 8.78 Å². The van der Waals surface area contributed by atoms with Crippen molar-refractivity contribution < 1.29 is 23.0 Å². The number of ether oxygens (including phenoxy) is 2. The molecule has 1 aliphatic carbocycles. The molecule has 1 fully saturated rings. The molecule has 8 heteroatoms. The van der Waals surface area contributed by atoms with Gasteiger partial charge in [-0.1, -0.05) is 18.9 Å². The molecule has 3 N–H and O–H groups in total. The van der Waals surface area contributed by atoms with E-state index in [4.69, 9.17) is 10.5 Å². The molecule has 1 amide bonds. The van der Waals surface area contributed by atoms with Crippen LogP contribution >= 0.6 is 12.4 Å². The van der Waals surface area contributed by atoms with Crippen molar-refractivity contribution in [1.29, 1.82) is 0 Å². The molecule has 0 aliphatic heterocycles. The van der Waals surface area contributed by atoms with E-state index >= 15 is 0 Å². The summed E-state index contributed by atoms with van der Waals surface area (Å²) in [4.78, 5) is 12.1. The van der Waals surface area contributed by atoms with E-state index in [-0.39, 0.29) is 29.8 Å². The monoisotopic (exact) mass is 364 g/mol. The molecule has 0 bridgehead atoms. The van der Waals surface area contributed by atoms with Crippen LogP contribution in [0, 0.1) is 0 Å². The number of nitrogens with one attached hydrogen (secondary N) is 1. The summed E-state index contributed by atoms with van der Waals surface area (Å²) in [6.07, 6.45) is 3.83. The second kappa shape index (κ2) is 9.03. The number of carbonyl (C=O) groups is 1. The Labute approximate surface area is 146 Å². The Morgan fingerprint density at radius 1 is 1.33 bits per heavy atom. The number of amides is 1. The van der Waals surface area contributed by atoms with Gasteiger partial charge >= 0.3 is 6.61 Å². The highest BCUT2D eigenvalue weighted by atomic mass is 35.5. The molecule has 1 aromatic carbocycles. The Balaban J connectivity index is 0.00000288. The molecule has 2 rings (SSSR count). The van der Waals surface area contributed by atoms with Crippen LogP contribution in [-0.4, -0.2) is 31.7 Å². The normalized spacial score (nSPS) is 15.7. The molecular formula is C16H23ClF2N2O3. The number of halogens is 3. The fraction of sp³-hybridized carbons (Fsp3) is 0.562. The summed E-state index contributed by atoms with van der Waals surface area (Å²) in [5.41, 5.74) is 6.07. The predicted molar refractivity (Wildman–Crippen MR) is 89.0 cm³/mol. The minimum atomic E-state index is -2.92. The topological polar surface area (TPSA) is 73.6 Å². The first-order valence-corrected chi connectivity index (χ1v) is 7.63. The number of carbonyl (C=O) groups excluding carboxylic acids is 1. The molecule has 0 heterocycles. The Morgan fingerprint density at radius 2 is 2.00 bits per heavy atom. The maximum atomic E-state index is 12.4. The third-order valence-corrected chi connectivity index (χ3v) is 4.09. The maximum Gasteiger partial charge on any atom is 0.387 e. The van der Waals surface area contributed by atoms with Crippen molar-refractivity contribution in [3.63, 3.8) is 0 Å². The van der Waals surface area contributed by atoms with Gasteiger partial charge in [0.25, 0.3) is 0 Å². The molecule has 5 nitrogen and oxygen atoms in total. The third-order valence-electron chi connectivity index (χ3n) is 4.09. The van der Waals surface area contributed by atoms with Crippen molar-refractivity contribution in [3.05, 3.63) is 23.8 Å². The largest absolute Gasteiger partial charge is 0.493 e. The summed E-state index contributed by atoms with van der Waals surface area (Å²) < 4.78 is 34.2. The average Bonchev–Trinajstić information content (AvgIpc) is 2.95. The quantitative estimate of drug-likeness (QED) is 0.780. The van der Waals surface area contributed by atoms with Crippen LogP contribution in [0.5, 0.6) is 11.5 Å². The molecule has 24 heavy (non-hydrogen) atoms. The number of nitrogens with two attached hydrogens (primary N) is 1. The van der Waals surface area contributed by atoms with Gasteiger partial charge in [0.05, 0.1) is 12.6 Å². The van der Waals surface area contributed by atoms with Crippen LogP contribution in [-0.2, 0) is 11.2 Å². The molecule has 0 atom stereocenters. The first-order chi connectivity index (χ1) is 10.9. The summed E-state index contributed by atoms with van der Waals surface area (Å²) in [5.74, 6) is 0.0786. The van der Waals surface area contributed by atoms with Crippen LogP contribution in [0.2, 0.25) is 0 Å². The van der Waals surface area contributed by atoms with E-state index in [2.05, 4.69) is 10.1 Å². The SMILES string of the molecule is COc1ccc(CCNC(=O)C2(N)CCCC2)cc1OC(F)F.Cl. The van der Waals surface area contributed by atoms with Crippen molar-refractivity contribution in [1.82, 2.24) is 5.32 Å². The lowest BCUT2D eigenvalue weighted by molar-refractivity contribution is -0.126. The minimum absolute atomic E-state index is 0. The van der Waals surface area contributed by atoms with Crippen molar-refractivity contribution in [3.8, 4) is 11.5 Å². The summed E-state index contributed by atoms with van der Waals surface area (Å²) in [6.45, 7) is -2.53. The lowest BCUT2D eigenvalue weighted by atomic mass is 9.98. The van der Waals surface area contributed by atoms with Crippen LogP contribution in [0.15, 0.2) is 18.2 Å². The van der Waals surface area contributed by atoms with Gasteiger partial charge in [-0.25, -0.2) is 0 Å². The zero-order chi connectivity index (χ0) is 16.9. The maximum absolute atomic E-state index is 12.4. The van der Waals surface area contributed by atoms with Gasteiger partial charge in [0.1, 0.15) is 0 Å². The lowest BCUT2D eigenvalue weighted by Gasteiger charge is -2.22. The summed E-state index contributed by atoms with van der Waals surface area (Å²) in [6, 6.07) is 4.80.